The third-order valence-corrected chi connectivity index (χ3v) is 6.43. The molecule has 142 valence electrons. The largest absolute Gasteiger partial charge is 0.452 e. The number of ether oxygens (including phenoxy) is 1. The SMILES string of the molecule is O=C(C[C@H]1CN2CCC1CC2)OC(c1ccc(Cl)cc1)c1ccccc1Cl. The highest BCUT2D eigenvalue weighted by atomic mass is 35.5. The van der Waals surface area contributed by atoms with E-state index in [-0.39, 0.29) is 5.97 Å². The number of esters is 1. The minimum atomic E-state index is -0.524. The van der Waals surface area contributed by atoms with E-state index in [0.717, 1.165) is 17.7 Å². The Hall–Kier alpha value is -1.55. The number of carbonyl (C=O) groups is 1. The van der Waals surface area contributed by atoms with Gasteiger partial charge in [-0.25, -0.2) is 0 Å². The number of halogens is 2. The fourth-order valence-corrected chi connectivity index (χ4v) is 4.71. The maximum Gasteiger partial charge on any atom is 0.307 e. The van der Waals surface area contributed by atoms with E-state index in [2.05, 4.69) is 4.90 Å². The van der Waals surface area contributed by atoms with Crippen LogP contribution < -0.4 is 0 Å². The van der Waals surface area contributed by atoms with Crippen molar-refractivity contribution in [2.24, 2.45) is 11.8 Å². The average molecular weight is 404 g/mol. The standard InChI is InChI=1S/C22H23Cl2NO2/c23-18-7-5-16(6-8-18)22(19-3-1-2-4-20(19)24)27-21(26)13-17-14-25-11-9-15(17)10-12-25/h1-8,15,17,22H,9-14H2/t17-,22?/m0/s1. The summed E-state index contributed by atoms with van der Waals surface area (Å²) < 4.78 is 5.97. The van der Waals surface area contributed by atoms with Crippen molar-refractivity contribution >= 4 is 29.2 Å². The minimum absolute atomic E-state index is 0.159. The summed E-state index contributed by atoms with van der Waals surface area (Å²) in [6.45, 7) is 3.35. The van der Waals surface area contributed by atoms with Crippen LogP contribution in [-0.4, -0.2) is 30.5 Å². The van der Waals surface area contributed by atoms with Gasteiger partial charge in [-0.3, -0.25) is 4.79 Å². The van der Waals surface area contributed by atoms with E-state index >= 15 is 0 Å². The maximum atomic E-state index is 12.8. The van der Waals surface area contributed by atoms with Crippen LogP contribution >= 0.6 is 23.2 Å². The van der Waals surface area contributed by atoms with Gasteiger partial charge < -0.3 is 9.64 Å². The van der Waals surface area contributed by atoms with Crippen LogP contribution in [0.15, 0.2) is 48.5 Å². The van der Waals surface area contributed by atoms with Crippen LogP contribution in [-0.2, 0) is 9.53 Å². The van der Waals surface area contributed by atoms with Gasteiger partial charge in [0.25, 0.3) is 0 Å². The lowest BCUT2D eigenvalue weighted by molar-refractivity contribution is -0.150. The molecule has 3 nitrogen and oxygen atoms in total. The predicted octanol–water partition coefficient (Wildman–Crippen LogP) is 5.36. The second-order valence-electron chi connectivity index (χ2n) is 7.55. The van der Waals surface area contributed by atoms with Crippen molar-refractivity contribution in [3.63, 3.8) is 0 Å². The number of hydrogen-bond acceptors (Lipinski definition) is 3. The van der Waals surface area contributed by atoms with E-state index in [0.29, 0.717) is 28.3 Å². The first kappa shape index (κ1) is 18.8. The van der Waals surface area contributed by atoms with E-state index in [1.54, 1.807) is 0 Å². The summed E-state index contributed by atoms with van der Waals surface area (Å²) in [5, 5.41) is 1.24. The van der Waals surface area contributed by atoms with E-state index in [1.165, 1.54) is 25.9 Å². The Kier molecular flexibility index (Phi) is 5.72. The molecule has 0 aromatic heterocycles. The zero-order valence-electron chi connectivity index (χ0n) is 15.1. The van der Waals surface area contributed by atoms with E-state index in [1.807, 2.05) is 48.5 Å². The zero-order valence-corrected chi connectivity index (χ0v) is 16.6. The van der Waals surface area contributed by atoms with E-state index in [4.69, 9.17) is 27.9 Å². The average Bonchev–Trinajstić information content (AvgIpc) is 2.68. The molecule has 2 atom stereocenters. The number of benzene rings is 2. The molecule has 5 heteroatoms. The summed E-state index contributed by atoms with van der Waals surface area (Å²) in [7, 11) is 0. The molecular formula is C22H23Cl2NO2. The second-order valence-corrected chi connectivity index (χ2v) is 8.39. The molecule has 2 aromatic carbocycles. The quantitative estimate of drug-likeness (QED) is 0.629. The number of fused-ring (bicyclic) bond motifs is 3. The molecule has 2 bridgehead atoms. The lowest BCUT2D eigenvalue weighted by atomic mass is 9.77. The summed E-state index contributed by atoms with van der Waals surface area (Å²) in [6.07, 6.45) is 2.34. The predicted molar refractivity (Wildman–Crippen MR) is 108 cm³/mol. The lowest BCUT2D eigenvalue weighted by Gasteiger charge is -2.44. The van der Waals surface area contributed by atoms with Crippen molar-refractivity contribution < 1.29 is 9.53 Å². The molecular weight excluding hydrogens is 381 g/mol. The van der Waals surface area contributed by atoms with Gasteiger partial charge in [0, 0.05) is 28.6 Å². The van der Waals surface area contributed by atoms with Crippen LogP contribution in [0.3, 0.4) is 0 Å². The van der Waals surface area contributed by atoms with Gasteiger partial charge in [0.2, 0.25) is 0 Å². The summed E-state index contributed by atoms with van der Waals surface area (Å²) in [6, 6.07) is 14.9. The molecule has 2 aromatic rings. The molecule has 0 amide bonds. The Morgan fingerprint density at radius 2 is 1.78 bits per heavy atom. The van der Waals surface area contributed by atoms with Gasteiger partial charge in [-0.2, -0.15) is 0 Å². The number of nitrogens with zero attached hydrogens (tertiary/aromatic N) is 1. The van der Waals surface area contributed by atoms with Gasteiger partial charge in [-0.05, 0) is 61.5 Å². The third kappa shape index (κ3) is 4.31. The first-order valence-electron chi connectivity index (χ1n) is 9.52. The first-order chi connectivity index (χ1) is 13.1. The Morgan fingerprint density at radius 1 is 1.07 bits per heavy atom. The second kappa shape index (κ2) is 8.22. The molecule has 3 aliphatic rings. The molecule has 0 aliphatic carbocycles. The number of piperidine rings is 3. The molecule has 0 N–H and O–H groups in total. The van der Waals surface area contributed by atoms with Crippen molar-refractivity contribution in [2.75, 3.05) is 19.6 Å². The van der Waals surface area contributed by atoms with E-state index in [9.17, 15) is 4.79 Å². The lowest BCUT2D eigenvalue weighted by Crippen LogP contribution is -2.48. The van der Waals surface area contributed by atoms with Gasteiger partial charge in [-0.15, -0.1) is 0 Å². The van der Waals surface area contributed by atoms with Gasteiger partial charge >= 0.3 is 5.97 Å². The van der Waals surface area contributed by atoms with Crippen molar-refractivity contribution in [1.29, 1.82) is 0 Å². The highest BCUT2D eigenvalue weighted by Crippen LogP contribution is 2.36. The molecule has 27 heavy (non-hydrogen) atoms. The molecule has 3 saturated heterocycles. The minimum Gasteiger partial charge on any atom is -0.452 e. The smallest absolute Gasteiger partial charge is 0.307 e. The molecule has 1 unspecified atom stereocenters. The van der Waals surface area contributed by atoms with Crippen LogP contribution in [0.4, 0.5) is 0 Å². The Balaban J connectivity index is 1.53. The number of rotatable bonds is 5. The first-order valence-corrected chi connectivity index (χ1v) is 10.3. The molecule has 0 saturated carbocycles. The van der Waals surface area contributed by atoms with Gasteiger partial charge in [0.15, 0.2) is 6.10 Å². The highest BCUT2D eigenvalue weighted by Gasteiger charge is 2.36. The molecule has 0 spiro atoms. The highest BCUT2D eigenvalue weighted by molar-refractivity contribution is 6.31. The topological polar surface area (TPSA) is 29.5 Å². The summed E-state index contributed by atoms with van der Waals surface area (Å²) in [4.78, 5) is 15.3. The van der Waals surface area contributed by atoms with Crippen LogP contribution in [0, 0.1) is 11.8 Å². The monoisotopic (exact) mass is 403 g/mol. The summed E-state index contributed by atoms with van der Waals surface area (Å²) >= 11 is 12.4. The molecule has 5 rings (SSSR count). The maximum absolute atomic E-state index is 12.8. The fourth-order valence-electron chi connectivity index (χ4n) is 4.35. The van der Waals surface area contributed by atoms with Crippen molar-refractivity contribution in [3.05, 3.63) is 69.7 Å². The van der Waals surface area contributed by atoms with Crippen LogP contribution in [0.25, 0.3) is 0 Å². The van der Waals surface area contributed by atoms with Gasteiger partial charge in [0.05, 0.1) is 0 Å². The van der Waals surface area contributed by atoms with Crippen molar-refractivity contribution in [3.8, 4) is 0 Å². The summed E-state index contributed by atoms with van der Waals surface area (Å²) in [5.74, 6) is 0.891. The third-order valence-electron chi connectivity index (χ3n) is 5.83. The number of carbonyl (C=O) groups excluding carboxylic acids is 1. The van der Waals surface area contributed by atoms with Gasteiger partial charge in [0.1, 0.15) is 0 Å². The Bertz CT molecular complexity index is 800. The van der Waals surface area contributed by atoms with Crippen LogP contribution in [0.2, 0.25) is 10.0 Å². The summed E-state index contributed by atoms with van der Waals surface area (Å²) in [5.41, 5.74) is 1.67. The van der Waals surface area contributed by atoms with Crippen molar-refractivity contribution in [2.45, 2.75) is 25.4 Å². The fraction of sp³-hybridized carbons (Fsp3) is 0.409. The normalized spacial score (nSPS) is 25.2. The molecule has 3 aliphatic heterocycles. The Morgan fingerprint density at radius 3 is 2.41 bits per heavy atom. The van der Waals surface area contributed by atoms with Crippen LogP contribution in [0.5, 0.6) is 0 Å². The Labute approximate surface area is 170 Å². The van der Waals surface area contributed by atoms with Crippen LogP contribution in [0.1, 0.15) is 36.5 Å². The molecule has 3 fully saturated rings. The van der Waals surface area contributed by atoms with Gasteiger partial charge in [-0.1, -0.05) is 53.5 Å². The number of hydrogen-bond donors (Lipinski definition) is 0. The molecule has 3 heterocycles. The van der Waals surface area contributed by atoms with Crippen molar-refractivity contribution in [1.82, 2.24) is 4.90 Å². The van der Waals surface area contributed by atoms with E-state index < -0.39 is 6.10 Å². The molecule has 0 radical (unpaired) electrons. The zero-order chi connectivity index (χ0) is 18.8.